The van der Waals surface area contributed by atoms with E-state index < -0.39 is 15.6 Å². The summed E-state index contributed by atoms with van der Waals surface area (Å²) < 4.78 is 37.3. The molecule has 0 fully saturated rings. The highest BCUT2D eigenvalue weighted by molar-refractivity contribution is 7.98. The zero-order chi connectivity index (χ0) is 22.9. The Bertz CT molecular complexity index is 1330. The molecule has 0 N–H and O–H groups in total. The predicted molar refractivity (Wildman–Crippen MR) is 126 cm³/mol. The van der Waals surface area contributed by atoms with Gasteiger partial charge in [0.05, 0.1) is 24.8 Å². The molecule has 6 nitrogen and oxygen atoms in total. The van der Waals surface area contributed by atoms with Crippen LogP contribution >= 0.6 is 11.8 Å². The minimum Gasteiger partial charge on any atom is -0.493 e. The summed E-state index contributed by atoms with van der Waals surface area (Å²) in [6.45, 7) is 0. The summed E-state index contributed by atoms with van der Waals surface area (Å²) in [5.74, 6) is 0.175. The Labute approximate surface area is 191 Å². The Morgan fingerprint density at radius 3 is 2.38 bits per heavy atom. The van der Waals surface area contributed by atoms with Crippen molar-refractivity contribution in [3.05, 3.63) is 83.4 Å². The van der Waals surface area contributed by atoms with Crippen molar-refractivity contribution in [2.24, 2.45) is 0 Å². The molecule has 0 saturated heterocycles. The van der Waals surface area contributed by atoms with E-state index in [1.165, 1.54) is 38.6 Å². The largest absolute Gasteiger partial charge is 0.493 e. The lowest BCUT2D eigenvalue weighted by Gasteiger charge is -2.29. The molecule has 4 rings (SSSR count). The van der Waals surface area contributed by atoms with E-state index in [1.54, 1.807) is 40.9 Å². The highest BCUT2D eigenvalue weighted by Gasteiger charge is 2.36. The number of carbonyl (C=O) groups is 1. The van der Waals surface area contributed by atoms with Gasteiger partial charge in [-0.2, -0.15) is 0 Å². The van der Waals surface area contributed by atoms with Crippen LogP contribution in [0.4, 0.5) is 11.4 Å². The zero-order valence-electron chi connectivity index (χ0n) is 17.7. The van der Waals surface area contributed by atoms with Crippen LogP contribution in [0.1, 0.15) is 10.4 Å². The second-order valence-electron chi connectivity index (χ2n) is 6.93. The number of methoxy groups -OCH3 is 2. The maximum absolute atomic E-state index is 13.4. The summed E-state index contributed by atoms with van der Waals surface area (Å²) in [7, 11) is -1.08. The number of carbonyl (C=O) groups excluding carboxylic acids is 1. The first kappa shape index (κ1) is 22.0. The van der Waals surface area contributed by atoms with Crippen molar-refractivity contribution in [2.75, 3.05) is 25.4 Å². The summed E-state index contributed by atoms with van der Waals surface area (Å²) >= 11 is 1.58. The van der Waals surface area contributed by atoms with Crippen molar-refractivity contribution in [2.45, 2.75) is 9.79 Å². The second-order valence-corrected chi connectivity index (χ2v) is 9.70. The van der Waals surface area contributed by atoms with Gasteiger partial charge < -0.3 is 14.4 Å². The van der Waals surface area contributed by atoms with Crippen molar-refractivity contribution in [3.8, 4) is 11.5 Å². The molecule has 0 unspecified atom stereocenters. The number of nitrogens with zero attached hydrogens (tertiary/aromatic N) is 1. The first-order valence-electron chi connectivity index (χ1n) is 9.66. The molecular weight excluding hydrogens is 446 g/mol. The van der Waals surface area contributed by atoms with E-state index in [2.05, 4.69) is 0 Å². The third-order valence-electron chi connectivity index (χ3n) is 5.15. The minimum atomic E-state index is -4.03. The van der Waals surface area contributed by atoms with Crippen molar-refractivity contribution in [1.29, 1.82) is 0 Å². The number of sulfone groups is 1. The monoisotopic (exact) mass is 467 g/mol. The number of Topliss-reactive ketones (excluding diaryl/α,β-unsaturated/α-hetero) is 1. The first-order chi connectivity index (χ1) is 15.4. The van der Waals surface area contributed by atoms with E-state index in [1.807, 2.05) is 30.5 Å². The lowest BCUT2D eigenvalue weighted by Crippen LogP contribution is -2.25. The van der Waals surface area contributed by atoms with E-state index in [0.29, 0.717) is 17.2 Å². The first-order valence-corrected chi connectivity index (χ1v) is 12.4. The number of thioether (sulfide) groups is 1. The molecule has 0 bridgehead atoms. The van der Waals surface area contributed by atoms with Gasteiger partial charge in [-0.1, -0.05) is 18.2 Å². The van der Waals surface area contributed by atoms with Gasteiger partial charge in [0, 0.05) is 22.3 Å². The molecule has 0 aromatic heterocycles. The fourth-order valence-corrected chi connectivity index (χ4v) is 5.53. The molecule has 1 aliphatic heterocycles. The third kappa shape index (κ3) is 3.76. The number of benzene rings is 3. The topological polar surface area (TPSA) is 72.9 Å². The van der Waals surface area contributed by atoms with Crippen LogP contribution in [0, 0.1) is 0 Å². The molecule has 0 atom stereocenters. The van der Waals surface area contributed by atoms with Crippen molar-refractivity contribution in [1.82, 2.24) is 0 Å². The van der Waals surface area contributed by atoms with Crippen LogP contribution in [0.3, 0.4) is 0 Å². The van der Waals surface area contributed by atoms with E-state index in [9.17, 15) is 13.2 Å². The lowest BCUT2D eigenvalue weighted by molar-refractivity contribution is 0.104. The molecular formula is C24H21NO5S2. The van der Waals surface area contributed by atoms with Crippen molar-refractivity contribution in [3.63, 3.8) is 0 Å². The number of fused-ring (bicyclic) bond motifs is 1. The van der Waals surface area contributed by atoms with E-state index in [-0.39, 0.29) is 15.4 Å². The molecule has 1 heterocycles. The van der Waals surface area contributed by atoms with Crippen LogP contribution in [-0.4, -0.2) is 34.7 Å². The van der Waals surface area contributed by atoms with E-state index in [4.69, 9.17) is 9.47 Å². The summed E-state index contributed by atoms with van der Waals surface area (Å²) in [4.78, 5) is 16.0. The standard InChI is InChI=1S/C24H21NO5S2/c1-29-20-12-11-16(13-21(20)30-2)24(26)23-15-25(17-7-6-8-18(14-17)31-3)19-9-4-5-10-22(19)32(23,27)28/h4-15H,1-3H3. The number of anilines is 2. The number of ether oxygens (including phenoxy) is 2. The molecule has 0 aliphatic carbocycles. The summed E-state index contributed by atoms with van der Waals surface area (Å²) in [6, 6.07) is 19.0. The van der Waals surface area contributed by atoms with Gasteiger partial charge >= 0.3 is 0 Å². The van der Waals surface area contributed by atoms with Crippen LogP contribution in [0.5, 0.6) is 11.5 Å². The predicted octanol–water partition coefficient (Wildman–Crippen LogP) is 5.08. The van der Waals surface area contributed by atoms with Crippen LogP contribution < -0.4 is 14.4 Å². The van der Waals surface area contributed by atoms with Gasteiger partial charge in [0.1, 0.15) is 4.91 Å². The molecule has 8 heteroatoms. The quantitative estimate of drug-likeness (QED) is 0.370. The maximum Gasteiger partial charge on any atom is 0.214 e. The Morgan fingerprint density at radius 2 is 1.66 bits per heavy atom. The van der Waals surface area contributed by atoms with Crippen LogP contribution in [0.15, 0.2) is 87.6 Å². The second kappa shape index (κ2) is 8.72. The van der Waals surface area contributed by atoms with Crippen molar-refractivity contribution < 1.29 is 22.7 Å². The Kier molecular flexibility index (Phi) is 5.99. The number of hydrogen-bond donors (Lipinski definition) is 0. The molecule has 0 radical (unpaired) electrons. The molecule has 164 valence electrons. The highest BCUT2D eigenvalue weighted by Crippen LogP contribution is 2.41. The fourth-order valence-electron chi connectivity index (χ4n) is 3.53. The van der Waals surface area contributed by atoms with Gasteiger partial charge in [0.15, 0.2) is 11.5 Å². The average Bonchev–Trinajstić information content (AvgIpc) is 2.83. The molecule has 3 aromatic rings. The van der Waals surface area contributed by atoms with Gasteiger partial charge in [0.2, 0.25) is 15.6 Å². The van der Waals surface area contributed by atoms with Crippen LogP contribution in [0.25, 0.3) is 0 Å². The van der Waals surface area contributed by atoms with Gasteiger partial charge in [-0.15, -0.1) is 11.8 Å². The summed E-state index contributed by atoms with van der Waals surface area (Å²) in [5, 5.41) is 0. The van der Waals surface area contributed by atoms with Gasteiger partial charge in [0.25, 0.3) is 0 Å². The third-order valence-corrected chi connectivity index (χ3v) is 7.67. The Hall–Kier alpha value is -3.23. The molecule has 3 aromatic carbocycles. The maximum atomic E-state index is 13.4. The van der Waals surface area contributed by atoms with Gasteiger partial charge in [-0.25, -0.2) is 8.42 Å². The summed E-state index contributed by atoms with van der Waals surface area (Å²) in [5.41, 5.74) is 1.45. The lowest BCUT2D eigenvalue weighted by atomic mass is 10.1. The molecule has 1 aliphatic rings. The normalized spacial score (nSPS) is 14.3. The minimum absolute atomic E-state index is 0.0841. The number of para-hydroxylation sites is 1. The number of rotatable bonds is 6. The molecule has 0 spiro atoms. The smallest absolute Gasteiger partial charge is 0.214 e. The molecule has 0 saturated carbocycles. The van der Waals surface area contributed by atoms with E-state index in [0.717, 1.165) is 10.6 Å². The van der Waals surface area contributed by atoms with Crippen LogP contribution in [0.2, 0.25) is 0 Å². The van der Waals surface area contributed by atoms with Crippen LogP contribution in [-0.2, 0) is 9.84 Å². The van der Waals surface area contributed by atoms with E-state index >= 15 is 0 Å². The summed E-state index contributed by atoms with van der Waals surface area (Å²) in [6.07, 6.45) is 3.37. The van der Waals surface area contributed by atoms with Gasteiger partial charge in [-0.05, 0) is 54.8 Å². The average molecular weight is 468 g/mol. The van der Waals surface area contributed by atoms with Gasteiger partial charge in [-0.3, -0.25) is 4.79 Å². The Balaban J connectivity index is 1.89. The number of hydrogen-bond acceptors (Lipinski definition) is 7. The number of allylic oxidation sites excluding steroid dienone is 1. The zero-order valence-corrected chi connectivity index (χ0v) is 19.4. The number of ketones is 1. The van der Waals surface area contributed by atoms with Crippen molar-refractivity contribution >= 4 is 38.8 Å². The SMILES string of the molecule is COc1ccc(C(=O)C2=CN(c3cccc(SC)c3)c3ccccc3S2(=O)=O)cc1OC. The molecule has 0 amide bonds. The highest BCUT2D eigenvalue weighted by atomic mass is 32.2. The fraction of sp³-hybridized carbons (Fsp3) is 0.125. The Morgan fingerprint density at radius 1 is 0.906 bits per heavy atom. The molecule has 32 heavy (non-hydrogen) atoms.